The molecule has 1 N–H and O–H groups in total. The van der Waals surface area contributed by atoms with E-state index in [-0.39, 0.29) is 5.69 Å². The van der Waals surface area contributed by atoms with Crippen LogP contribution in [-0.2, 0) is 6.54 Å². The highest BCUT2D eigenvalue weighted by atomic mass is 16.4. The number of carbonyl (C=O) groups is 1. The summed E-state index contributed by atoms with van der Waals surface area (Å²) in [6.45, 7) is 5.10. The number of aromatic carboxylic acids is 1. The fourth-order valence-corrected chi connectivity index (χ4v) is 2.16. The van der Waals surface area contributed by atoms with E-state index in [2.05, 4.69) is 24.2 Å². The molecule has 94 valence electrons. The highest BCUT2D eigenvalue weighted by molar-refractivity contribution is 5.86. The van der Waals surface area contributed by atoms with Gasteiger partial charge in [0.05, 0.1) is 5.69 Å². The van der Waals surface area contributed by atoms with E-state index in [0.717, 1.165) is 37.9 Å². The van der Waals surface area contributed by atoms with Crippen molar-refractivity contribution in [2.75, 3.05) is 0 Å². The standard InChI is InChI=1S/C12H19N3O2/c1-3-8(4-2)7-15-11(9-5-6-9)10(12(16)17)13-14-15/h8-9H,3-7H2,1-2H3,(H,16,17). The van der Waals surface area contributed by atoms with Gasteiger partial charge >= 0.3 is 5.97 Å². The average molecular weight is 237 g/mol. The predicted molar refractivity (Wildman–Crippen MR) is 63.0 cm³/mol. The van der Waals surface area contributed by atoms with Crippen LogP contribution in [0.3, 0.4) is 0 Å². The minimum Gasteiger partial charge on any atom is -0.476 e. The second-order valence-corrected chi connectivity index (χ2v) is 4.77. The average Bonchev–Trinajstić information content (AvgIpc) is 3.06. The molecular weight excluding hydrogens is 218 g/mol. The van der Waals surface area contributed by atoms with Crippen molar-refractivity contribution in [1.29, 1.82) is 0 Å². The molecule has 1 aromatic rings. The van der Waals surface area contributed by atoms with Crippen LogP contribution in [0.4, 0.5) is 0 Å². The van der Waals surface area contributed by atoms with E-state index in [1.807, 2.05) is 4.68 Å². The normalized spacial score (nSPS) is 15.5. The summed E-state index contributed by atoms with van der Waals surface area (Å²) in [5, 5.41) is 16.9. The molecule has 0 radical (unpaired) electrons. The van der Waals surface area contributed by atoms with Gasteiger partial charge in [0.2, 0.25) is 0 Å². The van der Waals surface area contributed by atoms with Crippen LogP contribution in [0.5, 0.6) is 0 Å². The monoisotopic (exact) mass is 237 g/mol. The third-order valence-electron chi connectivity index (χ3n) is 3.53. The number of aromatic nitrogens is 3. The summed E-state index contributed by atoms with van der Waals surface area (Å²) in [4.78, 5) is 11.1. The first-order valence-corrected chi connectivity index (χ1v) is 6.34. The molecule has 0 spiro atoms. The zero-order valence-electron chi connectivity index (χ0n) is 10.4. The van der Waals surface area contributed by atoms with Gasteiger partial charge in [0.25, 0.3) is 0 Å². The van der Waals surface area contributed by atoms with E-state index in [0.29, 0.717) is 11.8 Å². The Kier molecular flexibility index (Phi) is 3.45. The Morgan fingerprint density at radius 1 is 1.47 bits per heavy atom. The van der Waals surface area contributed by atoms with Crippen molar-refractivity contribution < 1.29 is 9.90 Å². The first-order chi connectivity index (χ1) is 8.17. The van der Waals surface area contributed by atoms with Gasteiger partial charge in [-0.3, -0.25) is 0 Å². The summed E-state index contributed by atoms with van der Waals surface area (Å²) in [7, 11) is 0. The lowest BCUT2D eigenvalue weighted by Gasteiger charge is -2.13. The largest absolute Gasteiger partial charge is 0.476 e. The number of rotatable bonds is 6. The third kappa shape index (κ3) is 2.48. The smallest absolute Gasteiger partial charge is 0.358 e. The molecule has 5 heteroatoms. The maximum Gasteiger partial charge on any atom is 0.358 e. The highest BCUT2D eigenvalue weighted by Crippen LogP contribution is 2.41. The molecule has 17 heavy (non-hydrogen) atoms. The maximum atomic E-state index is 11.1. The summed E-state index contributed by atoms with van der Waals surface area (Å²) < 4.78 is 1.82. The Morgan fingerprint density at radius 2 is 2.12 bits per heavy atom. The van der Waals surface area contributed by atoms with Gasteiger partial charge in [-0.2, -0.15) is 0 Å². The summed E-state index contributed by atoms with van der Waals surface area (Å²) in [6.07, 6.45) is 4.30. The first kappa shape index (κ1) is 12.1. The summed E-state index contributed by atoms with van der Waals surface area (Å²) in [5.41, 5.74) is 0.989. The molecule has 0 atom stereocenters. The van der Waals surface area contributed by atoms with E-state index in [4.69, 9.17) is 5.11 Å². The van der Waals surface area contributed by atoms with Crippen LogP contribution in [0.2, 0.25) is 0 Å². The minimum absolute atomic E-state index is 0.151. The van der Waals surface area contributed by atoms with Gasteiger partial charge in [-0.25, -0.2) is 9.48 Å². The number of hydrogen-bond acceptors (Lipinski definition) is 3. The number of carboxylic acids is 1. The molecule has 1 heterocycles. The molecule has 1 aromatic heterocycles. The summed E-state index contributed by atoms with van der Waals surface area (Å²) in [6, 6.07) is 0. The molecule has 5 nitrogen and oxygen atoms in total. The van der Waals surface area contributed by atoms with Gasteiger partial charge in [0, 0.05) is 12.5 Å². The van der Waals surface area contributed by atoms with Gasteiger partial charge in [0.1, 0.15) is 0 Å². The molecule has 0 aromatic carbocycles. The van der Waals surface area contributed by atoms with E-state index < -0.39 is 5.97 Å². The van der Waals surface area contributed by atoms with Crippen LogP contribution in [-0.4, -0.2) is 26.1 Å². The van der Waals surface area contributed by atoms with Crippen molar-refractivity contribution in [2.45, 2.75) is 52.0 Å². The lowest BCUT2D eigenvalue weighted by molar-refractivity contribution is 0.0689. The Hall–Kier alpha value is -1.39. The number of hydrogen-bond donors (Lipinski definition) is 1. The quantitative estimate of drug-likeness (QED) is 0.824. The first-order valence-electron chi connectivity index (χ1n) is 6.34. The molecule has 1 saturated carbocycles. The zero-order valence-corrected chi connectivity index (χ0v) is 10.4. The van der Waals surface area contributed by atoms with E-state index >= 15 is 0 Å². The van der Waals surface area contributed by atoms with Crippen molar-refractivity contribution in [3.05, 3.63) is 11.4 Å². The van der Waals surface area contributed by atoms with Crippen molar-refractivity contribution in [2.24, 2.45) is 5.92 Å². The molecule has 0 aliphatic heterocycles. The minimum atomic E-state index is -0.956. The molecule has 0 amide bonds. The van der Waals surface area contributed by atoms with Crippen LogP contribution in [0, 0.1) is 5.92 Å². The van der Waals surface area contributed by atoms with Crippen molar-refractivity contribution in [1.82, 2.24) is 15.0 Å². The second-order valence-electron chi connectivity index (χ2n) is 4.77. The molecular formula is C12H19N3O2. The maximum absolute atomic E-state index is 11.1. The summed E-state index contributed by atoms with van der Waals surface area (Å²) in [5.74, 6) is -0.0380. The zero-order chi connectivity index (χ0) is 12.4. The van der Waals surface area contributed by atoms with Crippen LogP contribution in [0.25, 0.3) is 0 Å². The highest BCUT2D eigenvalue weighted by Gasteiger charge is 2.33. The topological polar surface area (TPSA) is 68.0 Å². The molecule has 2 rings (SSSR count). The second kappa shape index (κ2) is 4.85. The van der Waals surface area contributed by atoms with Crippen molar-refractivity contribution >= 4 is 5.97 Å². The predicted octanol–water partition coefficient (Wildman–Crippen LogP) is 2.29. The SMILES string of the molecule is CCC(CC)Cn1nnc(C(=O)O)c1C1CC1. The Bertz CT molecular complexity index is 406. The fraction of sp³-hybridized carbons (Fsp3) is 0.750. The fourth-order valence-electron chi connectivity index (χ4n) is 2.16. The van der Waals surface area contributed by atoms with Crippen molar-refractivity contribution in [3.8, 4) is 0 Å². The molecule has 1 aliphatic carbocycles. The van der Waals surface area contributed by atoms with Crippen LogP contribution in [0.15, 0.2) is 0 Å². The third-order valence-corrected chi connectivity index (χ3v) is 3.53. The van der Waals surface area contributed by atoms with E-state index in [1.54, 1.807) is 0 Å². The number of carboxylic acid groups (broad SMARTS) is 1. The van der Waals surface area contributed by atoms with Gasteiger partial charge in [-0.05, 0) is 18.8 Å². The van der Waals surface area contributed by atoms with Crippen LogP contribution < -0.4 is 0 Å². The Morgan fingerprint density at radius 3 is 2.59 bits per heavy atom. The Labute approximate surface area is 101 Å². The molecule has 1 aliphatic rings. The van der Waals surface area contributed by atoms with Crippen molar-refractivity contribution in [3.63, 3.8) is 0 Å². The van der Waals surface area contributed by atoms with Crippen LogP contribution >= 0.6 is 0 Å². The van der Waals surface area contributed by atoms with E-state index in [1.165, 1.54) is 0 Å². The van der Waals surface area contributed by atoms with Gasteiger partial charge in [-0.1, -0.05) is 31.9 Å². The molecule has 0 saturated heterocycles. The molecule has 0 unspecified atom stereocenters. The van der Waals surface area contributed by atoms with Gasteiger partial charge in [-0.15, -0.1) is 5.10 Å². The Balaban J connectivity index is 2.24. The van der Waals surface area contributed by atoms with Gasteiger partial charge in [0.15, 0.2) is 5.69 Å². The summed E-state index contributed by atoms with van der Waals surface area (Å²) >= 11 is 0. The molecule has 1 fully saturated rings. The van der Waals surface area contributed by atoms with Crippen LogP contribution in [0.1, 0.15) is 61.6 Å². The van der Waals surface area contributed by atoms with E-state index in [9.17, 15) is 4.79 Å². The van der Waals surface area contributed by atoms with Gasteiger partial charge < -0.3 is 5.11 Å². The molecule has 0 bridgehead atoms. The number of nitrogens with zero attached hydrogens (tertiary/aromatic N) is 3. The lowest BCUT2D eigenvalue weighted by Crippen LogP contribution is -2.14. The lowest BCUT2D eigenvalue weighted by atomic mass is 10.0.